The Hall–Kier alpha value is -1.55. The van der Waals surface area contributed by atoms with Crippen molar-refractivity contribution < 1.29 is 9.53 Å². The van der Waals surface area contributed by atoms with E-state index in [0.29, 0.717) is 18.0 Å². The van der Waals surface area contributed by atoms with E-state index >= 15 is 0 Å². The summed E-state index contributed by atoms with van der Waals surface area (Å²) in [6.45, 7) is 8.49. The lowest BCUT2D eigenvalue weighted by Gasteiger charge is -2.26. The number of nitrogens with two attached hydrogens (primary N) is 1. The van der Waals surface area contributed by atoms with Crippen LogP contribution < -0.4 is 15.8 Å². The smallest absolute Gasteiger partial charge is 0.241 e. The van der Waals surface area contributed by atoms with Crippen molar-refractivity contribution in [1.29, 1.82) is 0 Å². The quantitative estimate of drug-likeness (QED) is 0.859. The van der Waals surface area contributed by atoms with E-state index in [1.807, 2.05) is 52.0 Å². The highest BCUT2D eigenvalue weighted by atomic mass is 16.5. The van der Waals surface area contributed by atoms with Gasteiger partial charge in [0.05, 0.1) is 18.3 Å². The second-order valence-electron chi connectivity index (χ2n) is 5.68. The molecule has 0 unspecified atom stereocenters. The summed E-state index contributed by atoms with van der Waals surface area (Å²) in [5.74, 6) is 0.485. The Labute approximate surface area is 115 Å². The van der Waals surface area contributed by atoms with Crippen LogP contribution >= 0.6 is 0 Å². The maximum Gasteiger partial charge on any atom is 0.241 e. The molecule has 1 amide bonds. The molecular weight excluding hydrogens is 240 g/mol. The molecule has 19 heavy (non-hydrogen) atoms. The standard InChI is InChI=1S/C15H24N2O2/c1-5-10-19-12-9-7-6-8-11(12)17-14(18)13(16)15(2,3)4/h6-9,13H,5,10,16H2,1-4H3,(H,17,18)/t13-/m0/s1. The third kappa shape index (κ3) is 4.56. The zero-order valence-corrected chi connectivity index (χ0v) is 12.2. The van der Waals surface area contributed by atoms with Gasteiger partial charge in [-0.1, -0.05) is 39.8 Å². The van der Waals surface area contributed by atoms with Gasteiger partial charge in [-0.25, -0.2) is 0 Å². The van der Waals surface area contributed by atoms with Crippen LogP contribution in [-0.4, -0.2) is 18.6 Å². The van der Waals surface area contributed by atoms with Crippen molar-refractivity contribution in [2.45, 2.75) is 40.2 Å². The van der Waals surface area contributed by atoms with Crippen molar-refractivity contribution in [3.63, 3.8) is 0 Å². The lowest BCUT2D eigenvalue weighted by Crippen LogP contribution is -2.45. The number of carbonyl (C=O) groups is 1. The molecule has 0 spiro atoms. The van der Waals surface area contributed by atoms with Gasteiger partial charge >= 0.3 is 0 Å². The number of amides is 1. The predicted molar refractivity (Wildman–Crippen MR) is 78.3 cm³/mol. The van der Waals surface area contributed by atoms with E-state index in [0.717, 1.165) is 6.42 Å². The molecule has 0 radical (unpaired) electrons. The van der Waals surface area contributed by atoms with Crippen LogP contribution in [0.15, 0.2) is 24.3 Å². The van der Waals surface area contributed by atoms with Gasteiger partial charge in [0.2, 0.25) is 5.91 Å². The second-order valence-corrected chi connectivity index (χ2v) is 5.68. The molecule has 1 aromatic rings. The predicted octanol–water partition coefficient (Wildman–Crippen LogP) is 2.79. The van der Waals surface area contributed by atoms with E-state index in [-0.39, 0.29) is 11.3 Å². The van der Waals surface area contributed by atoms with Crippen LogP contribution in [0.25, 0.3) is 0 Å². The molecule has 0 bridgehead atoms. The minimum Gasteiger partial charge on any atom is -0.491 e. The molecule has 1 aromatic carbocycles. The Bertz CT molecular complexity index is 424. The lowest BCUT2D eigenvalue weighted by atomic mass is 9.87. The number of ether oxygens (including phenoxy) is 1. The summed E-state index contributed by atoms with van der Waals surface area (Å²) in [6, 6.07) is 6.83. The van der Waals surface area contributed by atoms with Crippen molar-refractivity contribution in [1.82, 2.24) is 0 Å². The fourth-order valence-electron chi connectivity index (χ4n) is 1.51. The van der Waals surface area contributed by atoms with E-state index in [1.165, 1.54) is 0 Å². The molecule has 4 heteroatoms. The topological polar surface area (TPSA) is 64.3 Å². The number of benzene rings is 1. The summed E-state index contributed by atoms with van der Waals surface area (Å²) in [6.07, 6.45) is 0.920. The fraction of sp³-hybridized carbons (Fsp3) is 0.533. The number of rotatable bonds is 5. The first-order valence-electron chi connectivity index (χ1n) is 6.64. The fourth-order valence-corrected chi connectivity index (χ4v) is 1.51. The Morgan fingerprint density at radius 2 is 2.00 bits per heavy atom. The highest BCUT2D eigenvalue weighted by molar-refractivity contribution is 5.96. The summed E-state index contributed by atoms with van der Waals surface area (Å²) >= 11 is 0. The molecule has 0 aliphatic rings. The molecule has 4 nitrogen and oxygen atoms in total. The van der Waals surface area contributed by atoms with E-state index in [4.69, 9.17) is 10.5 Å². The van der Waals surface area contributed by atoms with Crippen LogP contribution in [0.3, 0.4) is 0 Å². The Morgan fingerprint density at radius 1 is 1.37 bits per heavy atom. The van der Waals surface area contributed by atoms with Gasteiger partial charge in [0, 0.05) is 0 Å². The Morgan fingerprint density at radius 3 is 2.58 bits per heavy atom. The number of anilines is 1. The van der Waals surface area contributed by atoms with Crippen molar-refractivity contribution in [2.24, 2.45) is 11.1 Å². The number of hydrogen-bond acceptors (Lipinski definition) is 3. The maximum absolute atomic E-state index is 12.1. The van der Waals surface area contributed by atoms with Crippen LogP contribution in [0.4, 0.5) is 5.69 Å². The molecule has 0 saturated carbocycles. The molecule has 0 aromatic heterocycles. The molecule has 0 heterocycles. The van der Waals surface area contributed by atoms with Crippen LogP contribution in [-0.2, 0) is 4.79 Å². The molecule has 1 atom stereocenters. The monoisotopic (exact) mass is 264 g/mol. The summed E-state index contributed by atoms with van der Waals surface area (Å²) in [5.41, 5.74) is 6.33. The number of nitrogens with one attached hydrogen (secondary N) is 1. The molecule has 106 valence electrons. The van der Waals surface area contributed by atoms with Crippen LogP contribution in [0, 0.1) is 5.41 Å². The first-order chi connectivity index (χ1) is 8.86. The average molecular weight is 264 g/mol. The number of hydrogen-bond donors (Lipinski definition) is 2. The van der Waals surface area contributed by atoms with Crippen LogP contribution in [0.1, 0.15) is 34.1 Å². The van der Waals surface area contributed by atoms with Crippen molar-refractivity contribution in [3.8, 4) is 5.75 Å². The van der Waals surface area contributed by atoms with Crippen molar-refractivity contribution in [3.05, 3.63) is 24.3 Å². The largest absolute Gasteiger partial charge is 0.491 e. The van der Waals surface area contributed by atoms with E-state index in [2.05, 4.69) is 5.32 Å². The third-order valence-electron chi connectivity index (χ3n) is 2.82. The molecule has 1 rings (SSSR count). The second kappa shape index (κ2) is 6.57. The zero-order valence-electron chi connectivity index (χ0n) is 12.2. The Balaban J connectivity index is 2.79. The number of carbonyl (C=O) groups excluding carboxylic acids is 1. The minimum atomic E-state index is -0.563. The number of para-hydroxylation sites is 2. The van der Waals surface area contributed by atoms with Crippen LogP contribution in [0.2, 0.25) is 0 Å². The SMILES string of the molecule is CCCOc1ccccc1NC(=O)[C@H](N)C(C)(C)C. The van der Waals surface area contributed by atoms with Crippen molar-refractivity contribution in [2.75, 3.05) is 11.9 Å². The van der Waals surface area contributed by atoms with Gasteiger partial charge in [0.25, 0.3) is 0 Å². The Kier molecular flexibility index (Phi) is 5.36. The van der Waals surface area contributed by atoms with Gasteiger partial charge < -0.3 is 15.8 Å². The highest BCUT2D eigenvalue weighted by Gasteiger charge is 2.27. The molecule has 0 aliphatic heterocycles. The van der Waals surface area contributed by atoms with Gasteiger partial charge in [-0.05, 0) is 24.0 Å². The normalized spacial score (nSPS) is 12.9. The van der Waals surface area contributed by atoms with Gasteiger partial charge in [0.1, 0.15) is 5.75 Å². The first kappa shape index (κ1) is 15.5. The summed E-state index contributed by atoms with van der Waals surface area (Å²) in [5, 5.41) is 2.84. The minimum absolute atomic E-state index is 0.194. The van der Waals surface area contributed by atoms with Crippen LogP contribution in [0.5, 0.6) is 5.75 Å². The summed E-state index contributed by atoms with van der Waals surface area (Å²) in [4.78, 5) is 12.1. The van der Waals surface area contributed by atoms with Gasteiger partial charge in [-0.15, -0.1) is 0 Å². The summed E-state index contributed by atoms with van der Waals surface area (Å²) < 4.78 is 5.60. The molecule has 0 fully saturated rings. The lowest BCUT2D eigenvalue weighted by molar-refractivity contribution is -0.119. The molecule has 0 saturated heterocycles. The zero-order chi connectivity index (χ0) is 14.5. The summed E-state index contributed by atoms with van der Waals surface area (Å²) in [7, 11) is 0. The van der Waals surface area contributed by atoms with E-state index in [1.54, 1.807) is 0 Å². The molecule has 0 aliphatic carbocycles. The van der Waals surface area contributed by atoms with Gasteiger partial charge in [0.15, 0.2) is 0 Å². The third-order valence-corrected chi connectivity index (χ3v) is 2.82. The molecular formula is C15H24N2O2. The highest BCUT2D eigenvalue weighted by Crippen LogP contribution is 2.25. The van der Waals surface area contributed by atoms with Crippen molar-refractivity contribution >= 4 is 11.6 Å². The maximum atomic E-state index is 12.1. The van der Waals surface area contributed by atoms with Gasteiger partial charge in [-0.2, -0.15) is 0 Å². The first-order valence-corrected chi connectivity index (χ1v) is 6.64. The van der Waals surface area contributed by atoms with E-state index in [9.17, 15) is 4.79 Å². The average Bonchev–Trinajstić information content (AvgIpc) is 2.35. The van der Waals surface area contributed by atoms with E-state index < -0.39 is 6.04 Å². The van der Waals surface area contributed by atoms with Gasteiger partial charge in [-0.3, -0.25) is 4.79 Å². The molecule has 3 N–H and O–H groups in total.